The van der Waals surface area contributed by atoms with Gasteiger partial charge in [-0.2, -0.15) is 0 Å². The van der Waals surface area contributed by atoms with Crippen LogP contribution in [0.2, 0.25) is 0 Å². The molecule has 3 heteroatoms. The van der Waals surface area contributed by atoms with Crippen molar-refractivity contribution in [1.82, 2.24) is 5.32 Å². The summed E-state index contributed by atoms with van der Waals surface area (Å²) in [6.45, 7) is 0.576. The molecule has 2 rings (SSSR count). The Morgan fingerprint density at radius 2 is 1.63 bits per heavy atom. The third-order valence-electron chi connectivity index (χ3n) is 2.84. The molecule has 2 aromatic carbocycles. The Labute approximate surface area is 122 Å². The number of alkyl halides is 1. The van der Waals surface area contributed by atoms with Gasteiger partial charge in [0.25, 0.3) is 0 Å². The summed E-state index contributed by atoms with van der Waals surface area (Å²) < 4.78 is 0. The average molecular weight is 318 g/mol. The maximum Gasteiger partial charge on any atom is 0.224 e. The van der Waals surface area contributed by atoms with Crippen molar-refractivity contribution in [2.24, 2.45) is 0 Å². The van der Waals surface area contributed by atoms with Gasteiger partial charge in [0.1, 0.15) is 0 Å². The molecule has 0 aromatic heterocycles. The minimum Gasteiger partial charge on any atom is -0.352 e. The van der Waals surface area contributed by atoms with Crippen LogP contribution in [-0.2, 0) is 23.1 Å². The Hall–Kier alpha value is -1.61. The Kier molecular flexibility index (Phi) is 5.16. The van der Waals surface area contributed by atoms with Gasteiger partial charge in [-0.3, -0.25) is 4.79 Å². The highest BCUT2D eigenvalue weighted by atomic mass is 79.9. The zero-order chi connectivity index (χ0) is 13.5. The number of hydrogen-bond donors (Lipinski definition) is 1. The molecule has 19 heavy (non-hydrogen) atoms. The maximum atomic E-state index is 11.8. The minimum absolute atomic E-state index is 0.0513. The monoisotopic (exact) mass is 317 g/mol. The number of amides is 1. The second-order valence-electron chi connectivity index (χ2n) is 4.39. The van der Waals surface area contributed by atoms with Gasteiger partial charge in [-0.05, 0) is 16.7 Å². The first-order chi connectivity index (χ1) is 9.28. The molecule has 0 heterocycles. The van der Waals surface area contributed by atoms with Gasteiger partial charge in [0, 0.05) is 11.9 Å². The third-order valence-corrected chi connectivity index (χ3v) is 3.49. The fourth-order valence-electron chi connectivity index (χ4n) is 1.87. The molecule has 0 fully saturated rings. The molecule has 0 aliphatic heterocycles. The summed E-state index contributed by atoms with van der Waals surface area (Å²) >= 11 is 3.43. The molecule has 0 atom stereocenters. The lowest BCUT2D eigenvalue weighted by Crippen LogP contribution is -2.24. The van der Waals surface area contributed by atoms with Crippen molar-refractivity contribution in [2.75, 3.05) is 0 Å². The molecular formula is C16H16BrNO. The van der Waals surface area contributed by atoms with E-state index in [1.165, 1.54) is 5.56 Å². The van der Waals surface area contributed by atoms with Crippen LogP contribution >= 0.6 is 15.9 Å². The van der Waals surface area contributed by atoms with E-state index in [4.69, 9.17) is 0 Å². The molecule has 0 spiro atoms. The smallest absolute Gasteiger partial charge is 0.224 e. The van der Waals surface area contributed by atoms with E-state index in [1.807, 2.05) is 42.5 Å². The number of benzene rings is 2. The van der Waals surface area contributed by atoms with E-state index in [2.05, 4.69) is 33.4 Å². The highest BCUT2D eigenvalue weighted by Crippen LogP contribution is 2.08. The van der Waals surface area contributed by atoms with Crippen molar-refractivity contribution < 1.29 is 4.79 Å². The van der Waals surface area contributed by atoms with E-state index in [9.17, 15) is 4.79 Å². The number of nitrogens with one attached hydrogen (secondary N) is 1. The summed E-state index contributed by atoms with van der Waals surface area (Å²) in [5.74, 6) is 0.0513. The largest absolute Gasteiger partial charge is 0.352 e. The van der Waals surface area contributed by atoms with Crippen LogP contribution in [0.5, 0.6) is 0 Å². The predicted molar refractivity (Wildman–Crippen MR) is 81.1 cm³/mol. The fraction of sp³-hybridized carbons (Fsp3) is 0.188. The molecule has 0 unspecified atom stereocenters. The van der Waals surface area contributed by atoms with E-state index < -0.39 is 0 Å². The second-order valence-corrected chi connectivity index (χ2v) is 4.95. The zero-order valence-corrected chi connectivity index (χ0v) is 12.2. The van der Waals surface area contributed by atoms with Crippen molar-refractivity contribution >= 4 is 21.8 Å². The van der Waals surface area contributed by atoms with E-state index >= 15 is 0 Å². The number of hydrogen-bond acceptors (Lipinski definition) is 1. The van der Waals surface area contributed by atoms with Gasteiger partial charge < -0.3 is 5.32 Å². The van der Waals surface area contributed by atoms with Crippen molar-refractivity contribution in [3.63, 3.8) is 0 Å². The summed E-state index contributed by atoms with van der Waals surface area (Å²) in [7, 11) is 0. The summed E-state index contributed by atoms with van der Waals surface area (Å²) in [5, 5.41) is 3.78. The number of rotatable bonds is 5. The number of halogens is 1. The average Bonchev–Trinajstić information content (AvgIpc) is 2.46. The fourth-order valence-corrected chi connectivity index (χ4v) is 2.22. The summed E-state index contributed by atoms with van der Waals surface area (Å²) in [5.41, 5.74) is 3.38. The van der Waals surface area contributed by atoms with E-state index in [0.717, 1.165) is 16.5 Å². The van der Waals surface area contributed by atoms with Gasteiger partial charge in [0.05, 0.1) is 6.42 Å². The Bertz CT molecular complexity index is 539. The van der Waals surface area contributed by atoms with Crippen LogP contribution < -0.4 is 5.32 Å². The van der Waals surface area contributed by atoms with Gasteiger partial charge >= 0.3 is 0 Å². The zero-order valence-electron chi connectivity index (χ0n) is 10.6. The molecule has 0 saturated carbocycles. The first-order valence-corrected chi connectivity index (χ1v) is 7.34. The van der Waals surface area contributed by atoms with Crippen molar-refractivity contribution in [2.45, 2.75) is 18.3 Å². The SMILES string of the molecule is O=C(Cc1ccccc1)NCc1cccc(CBr)c1. The normalized spacial score (nSPS) is 10.2. The minimum atomic E-state index is 0.0513. The van der Waals surface area contributed by atoms with Crippen molar-refractivity contribution in [3.05, 3.63) is 71.3 Å². The van der Waals surface area contributed by atoms with Crippen molar-refractivity contribution in [3.8, 4) is 0 Å². The lowest BCUT2D eigenvalue weighted by molar-refractivity contribution is -0.120. The van der Waals surface area contributed by atoms with Gasteiger partial charge in [-0.15, -0.1) is 0 Å². The van der Waals surface area contributed by atoms with Crippen LogP contribution in [0.3, 0.4) is 0 Å². The summed E-state index contributed by atoms with van der Waals surface area (Å²) in [6.07, 6.45) is 0.430. The van der Waals surface area contributed by atoms with Gasteiger partial charge in [-0.1, -0.05) is 70.5 Å². The van der Waals surface area contributed by atoms with Crippen molar-refractivity contribution in [1.29, 1.82) is 0 Å². The van der Waals surface area contributed by atoms with E-state index in [-0.39, 0.29) is 5.91 Å². The highest BCUT2D eigenvalue weighted by molar-refractivity contribution is 9.08. The molecule has 0 bridgehead atoms. The van der Waals surface area contributed by atoms with Crippen LogP contribution in [0.1, 0.15) is 16.7 Å². The topological polar surface area (TPSA) is 29.1 Å². The molecule has 2 aromatic rings. The van der Waals surface area contributed by atoms with E-state index in [1.54, 1.807) is 0 Å². The van der Waals surface area contributed by atoms with Gasteiger partial charge in [-0.25, -0.2) is 0 Å². The maximum absolute atomic E-state index is 11.8. The Balaban J connectivity index is 1.86. The second kappa shape index (κ2) is 7.10. The van der Waals surface area contributed by atoms with Gasteiger partial charge in [0.15, 0.2) is 0 Å². The van der Waals surface area contributed by atoms with Crippen LogP contribution in [0.4, 0.5) is 0 Å². The summed E-state index contributed by atoms with van der Waals surface area (Å²) in [4.78, 5) is 11.8. The standard InChI is InChI=1S/C16H16BrNO/c17-11-14-7-4-8-15(9-14)12-18-16(19)10-13-5-2-1-3-6-13/h1-9H,10-12H2,(H,18,19). The predicted octanol–water partition coefficient (Wildman–Crippen LogP) is 3.44. The Morgan fingerprint density at radius 3 is 2.37 bits per heavy atom. The molecule has 0 radical (unpaired) electrons. The lowest BCUT2D eigenvalue weighted by Gasteiger charge is -2.06. The molecule has 0 aliphatic carbocycles. The molecule has 0 saturated heterocycles. The van der Waals surface area contributed by atoms with E-state index in [0.29, 0.717) is 13.0 Å². The number of carbonyl (C=O) groups is 1. The molecule has 1 amide bonds. The quantitative estimate of drug-likeness (QED) is 0.841. The molecule has 1 N–H and O–H groups in total. The number of carbonyl (C=O) groups excluding carboxylic acids is 1. The molecule has 0 aliphatic rings. The lowest BCUT2D eigenvalue weighted by atomic mass is 10.1. The third kappa shape index (κ3) is 4.52. The van der Waals surface area contributed by atoms with Crippen LogP contribution in [0.25, 0.3) is 0 Å². The first-order valence-electron chi connectivity index (χ1n) is 6.22. The van der Waals surface area contributed by atoms with Crippen LogP contribution in [0.15, 0.2) is 54.6 Å². The molecule has 2 nitrogen and oxygen atoms in total. The highest BCUT2D eigenvalue weighted by Gasteiger charge is 2.03. The Morgan fingerprint density at radius 1 is 0.947 bits per heavy atom. The molecular weight excluding hydrogens is 302 g/mol. The molecule has 98 valence electrons. The van der Waals surface area contributed by atoms with Crippen LogP contribution in [-0.4, -0.2) is 5.91 Å². The summed E-state index contributed by atoms with van der Waals surface area (Å²) in [6, 6.07) is 18.0. The van der Waals surface area contributed by atoms with Crippen LogP contribution in [0, 0.1) is 0 Å². The first kappa shape index (κ1) is 13.8. The van der Waals surface area contributed by atoms with Gasteiger partial charge in [0.2, 0.25) is 5.91 Å².